The number of carbonyl (C=O) groups is 2. The fraction of sp³-hybridized carbons (Fsp3) is 0.467. The van der Waals surface area contributed by atoms with Gasteiger partial charge in [-0.1, -0.05) is 26.0 Å². The molecule has 0 bridgehead atoms. The van der Waals surface area contributed by atoms with Gasteiger partial charge in [-0.3, -0.25) is 9.59 Å². The van der Waals surface area contributed by atoms with Crippen LogP contribution in [0.1, 0.15) is 25.8 Å². The molecule has 0 spiro atoms. The van der Waals surface area contributed by atoms with Gasteiger partial charge < -0.3 is 10.2 Å². The van der Waals surface area contributed by atoms with Gasteiger partial charge in [0.1, 0.15) is 6.04 Å². The molecule has 1 aliphatic heterocycles. The third-order valence-electron chi connectivity index (χ3n) is 3.56. The minimum atomic E-state index is -0.949. The molecule has 2 rings (SSSR count). The highest BCUT2D eigenvalue weighted by Crippen LogP contribution is 2.17. The van der Waals surface area contributed by atoms with Crippen LogP contribution in [0.4, 0.5) is 8.78 Å². The predicted octanol–water partition coefficient (Wildman–Crippen LogP) is 1.84. The number of hydrogen-bond acceptors (Lipinski definition) is 2. The molecule has 1 heterocycles. The van der Waals surface area contributed by atoms with Crippen molar-refractivity contribution >= 4 is 11.8 Å². The maximum atomic E-state index is 13.7. The smallest absolute Gasteiger partial charge is 0.245 e. The Balaban J connectivity index is 2.23. The van der Waals surface area contributed by atoms with Gasteiger partial charge in [-0.2, -0.15) is 0 Å². The van der Waals surface area contributed by atoms with E-state index in [0.717, 1.165) is 6.07 Å². The minimum Gasteiger partial charge on any atom is -0.344 e. The van der Waals surface area contributed by atoms with Crippen LogP contribution in [0.3, 0.4) is 0 Å². The summed E-state index contributed by atoms with van der Waals surface area (Å²) >= 11 is 0. The van der Waals surface area contributed by atoms with Crippen LogP contribution in [-0.4, -0.2) is 29.3 Å². The average molecular weight is 296 g/mol. The molecule has 0 aliphatic carbocycles. The Bertz CT molecular complexity index is 561. The van der Waals surface area contributed by atoms with E-state index in [1.165, 1.54) is 17.0 Å². The van der Waals surface area contributed by atoms with Crippen LogP contribution in [0.25, 0.3) is 0 Å². The van der Waals surface area contributed by atoms with Crippen molar-refractivity contribution in [2.45, 2.75) is 32.9 Å². The molecule has 4 nitrogen and oxygen atoms in total. The second-order valence-electron chi connectivity index (χ2n) is 5.51. The van der Waals surface area contributed by atoms with E-state index >= 15 is 0 Å². The zero-order chi connectivity index (χ0) is 15.6. The van der Waals surface area contributed by atoms with Crippen LogP contribution in [-0.2, 0) is 16.1 Å². The molecule has 21 heavy (non-hydrogen) atoms. The highest BCUT2D eigenvalue weighted by Gasteiger charge is 2.32. The van der Waals surface area contributed by atoms with E-state index in [-0.39, 0.29) is 42.8 Å². The van der Waals surface area contributed by atoms with Crippen LogP contribution in [0, 0.1) is 17.6 Å². The van der Waals surface area contributed by atoms with Gasteiger partial charge in [-0.15, -0.1) is 0 Å². The van der Waals surface area contributed by atoms with Gasteiger partial charge in [-0.05, 0) is 12.0 Å². The van der Waals surface area contributed by atoms with Crippen molar-refractivity contribution in [3.8, 4) is 0 Å². The summed E-state index contributed by atoms with van der Waals surface area (Å²) in [7, 11) is 0. The van der Waals surface area contributed by atoms with Crippen molar-refractivity contribution < 1.29 is 18.4 Å². The fourth-order valence-corrected chi connectivity index (χ4v) is 2.34. The molecule has 2 amide bonds. The zero-order valence-corrected chi connectivity index (χ0v) is 12.0. The number of carbonyl (C=O) groups excluding carboxylic acids is 2. The molecule has 0 radical (unpaired) electrons. The standard InChI is InChI=1S/C15H18F2N2O2/c1-9(2)14-15(21)19(7-6-12(20)18-14)8-10-4-3-5-11(16)13(10)17/h3-5,9,14H,6-8H2,1-2H3,(H,18,20). The van der Waals surface area contributed by atoms with Crippen LogP contribution in [0.15, 0.2) is 18.2 Å². The van der Waals surface area contributed by atoms with Crippen molar-refractivity contribution in [1.82, 2.24) is 10.2 Å². The van der Waals surface area contributed by atoms with Crippen molar-refractivity contribution in [3.63, 3.8) is 0 Å². The fourth-order valence-electron chi connectivity index (χ4n) is 2.34. The third-order valence-corrected chi connectivity index (χ3v) is 3.56. The van der Waals surface area contributed by atoms with E-state index in [4.69, 9.17) is 0 Å². The SMILES string of the molecule is CC(C)C1NC(=O)CCN(Cc2cccc(F)c2F)C1=O. The summed E-state index contributed by atoms with van der Waals surface area (Å²) in [5, 5.41) is 2.67. The molecule has 6 heteroatoms. The first kappa shape index (κ1) is 15.4. The summed E-state index contributed by atoms with van der Waals surface area (Å²) in [6, 6.07) is 3.25. The maximum absolute atomic E-state index is 13.7. The summed E-state index contributed by atoms with van der Waals surface area (Å²) in [6.45, 7) is 3.81. The van der Waals surface area contributed by atoms with Crippen LogP contribution < -0.4 is 5.32 Å². The highest BCUT2D eigenvalue weighted by atomic mass is 19.2. The summed E-state index contributed by atoms with van der Waals surface area (Å²) < 4.78 is 27.0. The molecule has 1 N–H and O–H groups in total. The van der Waals surface area contributed by atoms with Crippen molar-refractivity contribution in [1.29, 1.82) is 0 Å². The van der Waals surface area contributed by atoms with Gasteiger partial charge in [0.15, 0.2) is 11.6 Å². The van der Waals surface area contributed by atoms with Gasteiger partial charge in [0.2, 0.25) is 11.8 Å². The molecular formula is C15H18F2N2O2. The molecule has 1 aromatic carbocycles. The van der Waals surface area contributed by atoms with Crippen molar-refractivity contribution in [3.05, 3.63) is 35.4 Å². The summed E-state index contributed by atoms with van der Waals surface area (Å²) in [4.78, 5) is 25.5. The number of rotatable bonds is 3. The number of halogens is 2. The van der Waals surface area contributed by atoms with E-state index in [0.29, 0.717) is 0 Å². The highest BCUT2D eigenvalue weighted by molar-refractivity contribution is 5.90. The van der Waals surface area contributed by atoms with E-state index in [2.05, 4.69) is 5.32 Å². The molecular weight excluding hydrogens is 278 g/mol. The minimum absolute atomic E-state index is 0.0411. The second-order valence-corrected chi connectivity index (χ2v) is 5.51. The number of benzene rings is 1. The van der Waals surface area contributed by atoms with Crippen LogP contribution in [0.2, 0.25) is 0 Å². The average Bonchev–Trinajstić information content (AvgIpc) is 2.57. The van der Waals surface area contributed by atoms with Gasteiger partial charge in [0.25, 0.3) is 0 Å². The van der Waals surface area contributed by atoms with Gasteiger partial charge in [-0.25, -0.2) is 8.78 Å². The summed E-state index contributed by atoms with van der Waals surface area (Å²) in [6.07, 6.45) is 0.159. The Labute approximate surface area is 122 Å². The van der Waals surface area contributed by atoms with E-state index < -0.39 is 17.7 Å². The van der Waals surface area contributed by atoms with Crippen molar-refractivity contribution in [2.24, 2.45) is 5.92 Å². The molecule has 0 aromatic heterocycles. The van der Waals surface area contributed by atoms with E-state index in [1.807, 2.05) is 13.8 Å². The lowest BCUT2D eigenvalue weighted by Crippen LogP contribution is -2.47. The second kappa shape index (κ2) is 6.20. The predicted molar refractivity (Wildman–Crippen MR) is 73.2 cm³/mol. The molecule has 1 saturated heterocycles. The first-order valence-corrected chi connectivity index (χ1v) is 6.91. The molecule has 1 atom stereocenters. The molecule has 1 aromatic rings. The van der Waals surface area contributed by atoms with Gasteiger partial charge >= 0.3 is 0 Å². The van der Waals surface area contributed by atoms with Crippen LogP contribution in [0.5, 0.6) is 0 Å². The van der Waals surface area contributed by atoms with Crippen molar-refractivity contribution in [2.75, 3.05) is 6.54 Å². The van der Waals surface area contributed by atoms with Gasteiger partial charge in [0.05, 0.1) is 0 Å². The number of nitrogens with one attached hydrogen (secondary N) is 1. The quantitative estimate of drug-likeness (QED) is 0.925. The lowest BCUT2D eigenvalue weighted by atomic mass is 10.0. The normalized spacial score (nSPS) is 19.7. The largest absolute Gasteiger partial charge is 0.344 e. The van der Waals surface area contributed by atoms with E-state index in [9.17, 15) is 18.4 Å². The molecule has 1 aliphatic rings. The first-order chi connectivity index (χ1) is 9.90. The Hall–Kier alpha value is -1.98. The van der Waals surface area contributed by atoms with Gasteiger partial charge in [0, 0.05) is 25.1 Å². The lowest BCUT2D eigenvalue weighted by Gasteiger charge is -2.26. The molecule has 1 fully saturated rings. The molecule has 0 saturated carbocycles. The maximum Gasteiger partial charge on any atom is 0.245 e. The number of hydrogen-bond donors (Lipinski definition) is 1. The topological polar surface area (TPSA) is 49.4 Å². The monoisotopic (exact) mass is 296 g/mol. The molecule has 114 valence electrons. The number of nitrogens with zero attached hydrogens (tertiary/aromatic N) is 1. The number of amides is 2. The first-order valence-electron chi connectivity index (χ1n) is 6.91. The zero-order valence-electron chi connectivity index (χ0n) is 12.0. The Morgan fingerprint density at radius 3 is 2.71 bits per heavy atom. The Kier molecular flexibility index (Phi) is 4.55. The summed E-state index contributed by atoms with van der Waals surface area (Å²) in [5.74, 6) is -2.43. The molecule has 1 unspecified atom stereocenters. The van der Waals surface area contributed by atoms with Crippen LogP contribution >= 0.6 is 0 Å². The third kappa shape index (κ3) is 3.37. The summed E-state index contributed by atoms with van der Waals surface area (Å²) in [5.41, 5.74) is 0.111. The Morgan fingerprint density at radius 2 is 2.05 bits per heavy atom. The Morgan fingerprint density at radius 1 is 1.33 bits per heavy atom. The van der Waals surface area contributed by atoms with E-state index in [1.54, 1.807) is 0 Å². The lowest BCUT2D eigenvalue weighted by molar-refractivity contribution is -0.135.